The van der Waals surface area contributed by atoms with Gasteiger partial charge in [0.05, 0.1) is 42.3 Å². The highest BCUT2D eigenvalue weighted by Crippen LogP contribution is 2.37. The molecule has 0 radical (unpaired) electrons. The van der Waals surface area contributed by atoms with Crippen LogP contribution in [0.15, 0.2) is 63.5 Å². The van der Waals surface area contributed by atoms with E-state index in [2.05, 4.69) is 4.99 Å². The Bertz CT molecular complexity index is 1800. The van der Waals surface area contributed by atoms with Gasteiger partial charge in [0.15, 0.2) is 16.3 Å². The molecule has 1 unspecified atom stereocenters. The van der Waals surface area contributed by atoms with Crippen molar-refractivity contribution >= 4 is 40.4 Å². The second kappa shape index (κ2) is 11.2. The molecule has 3 aromatic rings. The molecule has 0 fully saturated rings. The average molecular weight is 576 g/mol. The van der Waals surface area contributed by atoms with Crippen molar-refractivity contribution in [2.45, 2.75) is 40.2 Å². The quantitative estimate of drug-likeness (QED) is 0.314. The molecule has 3 heterocycles. The summed E-state index contributed by atoms with van der Waals surface area (Å²) in [7, 11) is 1.43. The number of para-hydroxylation sites is 1. The first-order valence-electron chi connectivity index (χ1n) is 13.2. The van der Waals surface area contributed by atoms with Gasteiger partial charge >= 0.3 is 11.9 Å². The number of anilines is 1. The Morgan fingerprint density at radius 3 is 2.51 bits per heavy atom. The number of carbonyl (C=O) groups excluding carboxylic acids is 3. The lowest BCUT2D eigenvalue weighted by atomic mass is 9.95. The SMILES string of the molecule is CCCN1C(=O)C(=c2sc3n(c2=O)C(c2ccc(OC(C)=O)c(OC)c2)C(C(=O)OCC)=C(C)N=3)c2ccccc21. The Kier molecular flexibility index (Phi) is 7.63. The fourth-order valence-electron chi connectivity index (χ4n) is 5.20. The first kappa shape index (κ1) is 28.0. The summed E-state index contributed by atoms with van der Waals surface area (Å²) in [4.78, 5) is 59.4. The van der Waals surface area contributed by atoms with E-state index < -0.39 is 23.5 Å². The molecule has 11 heteroatoms. The Balaban J connectivity index is 1.79. The minimum absolute atomic E-state index is 0.129. The number of aromatic nitrogens is 1. The summed E-state index contributed by atoms with van der Waals surface area (Å²) in [5.74, 6) is -0.941. The smallest absolute Gasteiger partial charge is 0.338 e. The number of rotatable bonds is 7. The highest BCUT2D eigenvalue weighted by Gasteiger charge is 2.37. The summed E-state index contributed by atoms with van der Waals surface area (Å²) in [5.41, 5.74) is 2.39. The standard InChI is InChI=1S/C30H29N3O7S/c1-6-14-32-20-11-9-8-10-19(20)24(27(32)35)26-28(36)33-25(18-12-13-21(40-17(4)34)22(15-18)38-5)23(29(37)39-7-2)16(3)31-30(33)41-26/h8-13,15,25H,6-7,14H2,1-5H3. The Morgan fingerprint density at radius 2 is 1.83 bits per heavy atom. The molecule has 0 bridgehead atoms. The van der Waals surface area contributed by atoms with Gasteiger partial charge in [-0.3, -0.25) is 19.0 Å². The van der Waals surface area contributed by atoms with Crippen LogP contribution in [-0.2, 0) is 19.1 Å². The summed E-state index contributed by atoms with van der Waals surface area (Å²) in [5, 5.41) is 0. The third kappa shape index (κ3) is 4.76. The van der Waals surface area contributed by atoms with E-state index >= 15 is 0 Å². The fraction of sp³-hybridized carbons (Fsp3) is 0.300. The van der Waals surface area contributed by atoms with Gasteiger partial charge in [0, 0.05) is 19.0 Å². The molecule has 212 valence electrons. The van der Waals surface area contributed by atoms with Gasteiger partial charge in [0.1, 0.15) is 4.53 Å². The second-order valence-corrected chi connectivity index (χ2v) is 10.5. The largest absolute Gasteiger partial charge is 0.493 e. The van der Waals surface area contributed by atoms with Gasteiger partial charge in [0.25, 0.3) is 11.5 Å². The molecule has 0 N–H and O–H groups in total. The summed E-state index contributed by atoms with van der Waals surface area (Å²) in [6.45, 7) is 7.29. The molecule has 2 aliphatic heterocycles. The molecule has 0 aliphatic carbocycles. The predicted octanol–water partition coefficient (Wildman–Crippen LogP) is 2.86. The van der Waals surface area contributed by atoms with E-state index in [1.807, 2.05) is 31.2 Å². The maximum Gasteiger partial charge on any atom is 0.338 e. The Labute approximate surface area is 239 Å². The first-order valence-corrected chi connectivity index (χ1v) is 14.0. The van der Waals surface area contributed by atoms with Gasteiger partial charge in [-0.15, -0.1) is 0 Å². The minimum Gasteiger partial charge on any atom is -0.493 e. The van der Waals surface area contributed by atoms with Crippen LogP contribution in [-0.4, -0.2) is 42.7 Å². The molecule has 1 aromatic heterocycles. The topological polar surface area (TPSA) is 117 Å². The van der Waals surface area contributed by atoms with E-state index in [9.17, 15) is 19.2 Å². The molecular formula is C30H29N3O7S. The monoisotopic (exact) mass is 575 g/mol. The van der Waals surface area contributed by atoms with Crippen molar-refractivity contribution in [3.63, 3.8) is 0 Å². The number of allylic oxidation sites excluding steroid dienone is 1. The van der Waals surface area contributed by atoms with Crippen LogP contribution in [0.1, 0.15) is 51.3 Å². The number of carbonyl (C=O) groups is 3. The van der Waals surface area contributed by atoms with Crippen LogP contribution >= 0.6 is 11.3 Å². The normalized spacial score (nSPS) is 17.1. The third-order valence-electron chi connectivity index (χ3n) is 6.85. The van der Waals surface area contributed by atoms with E-state index in [1.165, 1.54) is 18.6 Å². The molecule has 0 spiro atoms. The number of esters is 2. The van der Waals surface area contributed by atoms with Gasteiger partial charge < -0.3 is 19.1 Å². The maximum absolute atomic E-state index is 14.3. The van der Waals surface area contributed by atoms with Crippen LogP contribution < -0.4 is 29.3 Å². The number of hydrogen-bond donors (Lipinski definition) is 0. The van der Waals surface area contributed by atoms with Crippen LogP contribution in [0, 0.1) is 0 Å². The summed E-state index contributed by atoms with van der Waals surface area (Å²) >= 11 is 1.11. The number of fused-ring (bicyclic) bond motifs is 2. The van der Waals surface area contributed by atoms with Crippen molar-refractivity contribution in [1.29, 1.82) is 0 Å². The molecule has 1 amide bonds. The van der Waals surface area contributed by atoms with Crippen molar-refractivity contribution in [2.24, 2.45) is 4.99 Å². The van der Waals surface area contributed by atoms with Crippen LogP contribution in [0.3, 0.4) is 0 Å². The maximum atomic E-state index is 14.3. The van der Waals surface area contributed by atoms with Crippen molar-refractivity contribution < 1.29 is 28.6 Å². The van der Waals surface area contributed by atoms with Gasteiger partial charge in [-0.05, 0) is 44.0 Å². The fourth-order valence-corrected chi connectivity index (χ4v) is 6.33. The van der Waals surface area contributed by atoms with E-state index in [-0.39, 0.29) is 34.1 Å². The number of benzene rings is 2. The van der Waals surface area contributed by atoms with E-state index in [1.54, 1.807) is 36.9 Å². The molecule has 5 rings (SSSR count). The first-order chi connectivity index (χ1) is 19.7. The van der Waals surface area contributed by atoms with Crippen molar-refractivity contribution in [1.82, 2.24) is 4.57 Å². The van der Waals surface area contributed by atoms with Gasteiger partial charge in [-0.2, -0.15) is 0 Å². The second-order valence-electron chi connectivity index (χ2n) is 9.48. The Hall–Kier alpha value is -4.51. The van der Waals surface area contributed by atoms with E-state index in [0.717, 1.165) is 23.4 Å². The van der Waals surface area contributed by atoms with Crippen LogP contribution in [0.5, 0.6) is 11.5 Å². The lowest BCUT2D eigenvalue weighted by Gasteiger charge is -2.25. The van der Waals surface area contributed by atoms with Crippen molar-refractivity contribution in [3.05, 3.63) is 84.5 Å². The molecule has 1 atom stereocenters. The highest BCUT2D eigenvalue weighted by molar-refractivity contribution is 7.07. The number of ether oxygens (including phenoxy) is 3. The molecule has 2 aliphatic rings. The van der Waals surface area contributed by atoms with Crippen molar-refractivity contribution in [2.75, 3.05) is 25.2 Å². The molecular weight excluding hydrogens is 546 g/mol. The van der Waals surface area contributed by atoms with E-state index in [0.29, 0.717) is 33.7 Å². The summed E-state index contributed by atoms with van der Waals surface area (Å²) in [6, 6.07) is 11.3. The Morgan fingerprint density at radius 1 is 1.07 bits per heavy atom. The lowest BCUT2D eigenvalue weighted by Crippen LogP contribution is -2.41. The number of hydrogen-bond acceptors (Lipinski definition) is 9. The zero-order chi connectivity index (χ0) is 29.4. The van der Waals surface area contributed by atoms with Crippen LogP contribution in [0.4, 0.5) is 5.69 Å². The minimum atomic E-state index is -0.932. The zero-order valence-corrected chi connectivity index (χ0v) is 24.2. The van der Waals surface area contributed by atoms with E-state index in [4.69, 9.17) is 14.2 Å². The van der Waals surface area contributed by atoms with Gasteiger partial charge in [0.2, 0.25) is 0 Å². The van der Waals surface area contributed by atoms with Crippen LogP contribution in [0.2, 0.25) is 0 Å². The van der Waals surface area contributed by atoms with Crippen LogP contribution in [0.25, 0.3) is 5.57 Å². The third-order valence-corrected chi connectivity index (χ3v) is 7.90. The van der Waals surface area contributed by atoms with Gasteiger partial charge in [-0.25, -0.2) is 9.79 Å². The number of thiazole rings is 1. The molecule has 2 aromatic carbocycles. The molecule has 0 saturated heterocycles. The van der Waals surface area contributed by atoms with Crippen molar-refractivity contribution in [3.8, 4) is 11.5 Å². The van der Waals surface area contributed by atoms with Gasteiger partial charge in [-0.1, -0.05) is 42.5 Å². The summed E-state index contributed by atoms with van der Waals surface area (Å²) in [6.07, 6.45) is 0.752. The summed E-state index contributed by atoms with van der Waals surface area (Å²) < 4.78 is 17.8. The number of nitrogens with zero attached hydrogens (tertiary/aromatic N) is 3. The number of methoxy groups -OCH3 is 1. The average Bonchev–Trinajstić information content (AvgIpc) is 3.40. The number of amides is 1. The lowest BCUT2D eigenvalue weighted by molar-refractivity contribution is -0.139. The predicted molar refractivity (Wildman–Crippen MR) is 153 cm³/mol. The zero-order valence-electron chi connectivity index (χ0n) is 23.3. The highest BCUT2D eigenvalue weighted by atomic mass is 32.1. The molecule has 0 saturated carbocycles. The molecule has 10 nitrogen and oxygen atoms in total. The molecule has 41 heavy (non-hydrogen) atoms.